The highest BCUT2D eigenvalue weighted by Gasteiger charge is 2.31. The van der Waals surface area contributed by atoms with E-state index in [1.165, 1.54) is 36.4 Å². The van der Waals surface area contributed by atoms with Crippen molar-refractivity contribution in [2.24, 2.45) is 0 Å². The van der Waals surface area contributed by atoms with Gasteiger partial charge in [-0.15, -0.1) is 0 Å². The molecule has 6 nitrogen and oxygen atoms in total. The fourth-order valence-corrected chi connectivity index (χ4v) is 2.94. The lowest BCUT2D eigenvalue weighted by molar-refractivity contribution is -0.0374. The Balaban J connectivity index is 1.45. The Labute approximate surface area is 154 Å². The predicted molar refractivity (Wildman–Crippen MR) is 93.2 cm³/mol. The van der Waals surface area contributed by atoms with E-state index in [0.29, 0.717) is 36.7 Å². The predicted octanol–water partition coefficient (Wildman–Crippen LogP) is 2.60. The molecule has 1 saturated heterocycles. The number of hydrazine groups is 1. The third kappa shape index (κ3) is 3.76. The first-order valence-corrected chi connectivity index (χ1v) is 8.45. The Morgan fingerprint density at radius 1 is 1.04 bits per heavy atom. The van der Waals surface area contributed by atoms with Gasteiger partial charge in [-0.3, -0.25) is 4.79 Å². The van der Waals surface area contributed by atoms with Crippen molar-refractivity contribution in [3.63, 3.8) is 0 Å². The zero-order valence-electron chi connectivity index (χ0n) is 14.3. The number of nitrogens with one attached hydrogen (secondary N) is 1. The Bertz CT molecular complexity index is 856. The van der Waals surface area contributed by atoms with Gasteiger partial charge in [0.05, 0.1) is 25.0 Å². The van der Waals surface area contributed by atoms with E-state index < -0.39 is 6.10 Å². The number of benzene rings is 2. The average Bonchev–Trinajstić information content (AvgIpc) is 3.19. The number of amides is 1. The van der Waals surface area contributed by atoms with E-state index in [1.54, 1.807) is 28.2 Å². The van der Waals surface area contributed by atoms with Crippen molar-refractivity contribution in [2.45, 2.75) is 6.10 Å². The molecule has 1 amide bonds. The van der Waals surface area contributed by atoms with Crippen molar-refractivity contribution in [3.05, 3.63) is 77.7 Å². The van der Waals surface area contributed by atoms with Crippen molar-refractivity contribution in [1.29, 1.82) is 0 Å². The molecule has 2 aliphatic heterocycles. The first-order chi connectivity index (χ1) is 13.1. The molecule has 2 aromatic carbocycles. The van der Waals surface area contributed by atoms with Crippen LogP contribution in [0.25, 0.3) is 0 Å². The van der Waals surface area contributed by atoms with Crippen LogP contribution < -0.4 is 10.6 Å². The van der Waals surface area contributed by atoms with Crippen molar-refractivity contribution in [2.75, 3.05) is 24.7 Å². The lowest BCUT2D eigenvalue weighted by Gasteiger charge is -2.32. The summed E-state index contributed by atoms with van der Waals surface area (Å²) in [5.41, 5.74) is 3.83. The Morgan fingerprint density at radius 2 is 1.70 bits per heavy atom. The average molecular weight is 373 g/mol. The fraction of sp³-hybridized carbons (Fsp3) is 0.211. The number of rotatable bonds is 3. The van der Waals surface area contributed by atoms with Gasteiger partial charge in [0.1, 0.15) is 17.7 Å². The van der Waals surface area contributed by atoms with Crippen molar-refractivity contribution in [1.82, 2.24) is 10.5 Å². The molecule has 140 valence electrons. The maximum atomic E-state index is 13.1. The minimum Gasteiger partial charge on any atom is -0.389 e. The van der Waals surface area contributed by atoms with Crippen LogP contribution in [0.2, 0.25) is 0 Å². The summed E-state index contributed by atoms with van der Waals surface area (Å²) >= 11 is 0. The number of morpholine rings is 1. The molecular formula is C19H17F2N3O3. The summed E-state index contributed by atoms with van der Waals surface area (Å²) in [5.74, 6) is -0.391. The van der Waals surface area contributed by atoms with Crippen LogP contribution in [0.5, 0.6) is 0 Å². The molecule has 0 spiro atoms. The van der Waals surface area contributed by atoms with Gasteiger partial charge in [-0.2, -0.15) is 0 Å². The highest BCUT2D eigenvalue weighted by Crippen LogP contribution is 2.23. The van der Waals surface area contributed by atoms with Crippen LogP contribution in [0.3, 0.4) is 0 Å². The van der Waals surface area contributed by atoms with E-state index in [4.69, 9.17) is 9.57 Å². The summed E-state index contributed by atoms with van der Waals surface area (Å²) in [6, 6.07) is 11.4. The van der Waals surface area contributed by atoms with E-state index in [-0.39, 0.29) is 17.5 Å². The van der Waals surface area contributed by atoms with Crippen LogP contribution in [0.1, 0.15) is 10.4 Å². The monoisotopic (exact) mass is 373 g/mol. The van der Waals surface area contributed by atoms with Crippen molar-refractivity contribution < 1.29 is 23.1 Å². The second-order valence-corrected chi connectivity index (χ2v) is 6.19. The summed E-state index contributed by atoms with van der Waals surface area (Å²) in [5, 5.41) is 1.60. The van der Waals surface area contributed by atoms with Gasteiger partial charge < -0.3 is 14.5 Å². The summed E-state index contributed by atoms with van der Waals surface area (Å²) in [6.45, 7) is 1.10. The van der Waals surface area contributed by atoms with Crippen LogP contribution in [0, 0.1) is 11.6 Å². The van der Waals surface area contributed by atoms with Gasteiger partial charge in [0.25, 0.3) is 5.91 Å². The van der Waals surface area contributed by atoms with Crippen LogP contribution in [-0.2, 0) is 9.57 Å². The SMILES string of the molecule is O=C(c1ccc(F)cc1)N1CCOC(C2=CN(c3ccc(F)cc3)NO2)C1. The van der Waals surface area contributed by atoms with E-state index >= 15 is 0 Å². The maximum Gasteiger partial charge on any atom is 0.254 e. The van der Waals surface area contributed by atoms with Crippen LogP contribution in [-0.4, -0.2) is 36.6 Å². The zero-order valence-corrected chi connectivity index (χ0v) is 14.3. The van der Waals surface area contributed by atoms with E-state index in [2.05, 4.69) is 5.59 Å². The Hall–Kier alpha value is -2.97. The zero-order chi connectivity index (χ0) is 18.8. The first-order valence-electron chi connectivity index (χ1n) is 8.45. The highest BCUT2D eigenvalue weighted by atomic mass is 19.1. The number of nitrogens with zero attached hydrogens (tertiary/aromatic N) is 2. The van der Waals surface area contributed by atoms with Crippen LogP contribution in [0.4, 0.5) is 14.5 Å². The fourth-order valence-electron chi connectivity index (χ4n) is 2.94. The molecule has 2 aromatic rings. The summed E-state index contributed by atoms with van der Waals surface area (Å²) in [7, 11) is 0. The van der Waals surface area contributed by atoms with Crippen molar-refractivity contribution in [3.8, 4) is 0 Å². The second kappa shape index (κ2) is 7.34. The van der Waals surface area contributed by atoms with Gasteiger partial charge in [-0.25, -0.2) is 13.8 Å². The van der Waals surface area contributed by atoms with Gasteiger partial charge in [-0.1, -0.05) is 5.59 Å². The van der Waals surface area contributed by atoms with Crippen molar-refractivity contribution >= 4 is 11.6 Å². The molecule has 0 saturated carbocycles. The van der Waals surface area contributed by atoms with Crippen LogP contribution >= 0.6 is 0 Å². The highest BCUT2D eigenvalue weighted by molar-refractivity contribution is 5.94. The molecule has 1 atom stereocenters. The number of hydrogen-bond acceptors (Lipinski definition) is 5. The van der Waals surface area contributed by atoms with Gasteiger partial charge in [0.15, 0.2) is 5.76 Å². The normalized spacial score (nSPS) is 19.6. The number of carbonyl (C=O) groups is 1. The molecule has 2 heterocycles. The lowest BCUT2D eigenvalue weighted by atomic mass is 10.1. The van der Waals surface area contributed by atoms with E-state index in [0.717, 1.165) is 0 Å². The number of ether oxygens (including phenoxy) is 1. The lowest BCUT2D eigenvalue weighted by Crippen LogP contribution is -2.46. The molecular weight excluding hydrogens is 356 g/mol. The molecule has 8 heteroatoms. The molecule has 4 rings (SSSR count). The molecule has 2 aliphatic rings. The maximum absolute atomic E-state index is 13.1. The third-order valence-electron chi connectivity index (χ3n) is 4.39. The van der Waals surface area contributed by atoms with Gasteiger partial charge >= 0.3 is 0 Å². The molecule has 27 heavy (non-hydrogen) atoms. The number of carbonyl (C=O) groups excluding carboxylic acids is 1. The molecule has 0 aromatic heterocycles. The van der Waals surface area contributed by atoms with Gasteiger partial charge in [0, 0.05) is 12.1 Å². The molecule has 1 N–H and O–H groups in total. The summed E-state index contributed by atoms with van der Waals surface area (Å²) in [4.78, 5) is 19.7. The Morgan fingerprint density at radius 3 is 2.41 bits per heavy atom. The van der Waals surface area contributed by atoms with Gasteiger partial charge in [-0.05, 0) is 48.5 Å². The summed E-state index contributed by atoms with van der Waals surface area (Å²) in [6.07, 6.45) is 1.25. The smallest absolute Gasteiger partial charge is 0.254 e. The van der Waals surface area contributed by atoms with E-state index in [1.807, 2.05) is 0 Å². The first kappa shape index (κ1) is 17.4. The second-order valence-electron chi connectivity index (χ2n) is 6.19. The molecule has 1 fully saturated rings. The molecule has 0 radical (unpaired) electrons. The van der Waals surface area contributed by atoms with E-state index in [9.17, 15) is 13.6 Å². The minimum atomic E-state index is -0.443. The molecule has 0 bridgehead atoms. The standard InChI is InChI=1S/C19H17F2N3O3/c20-14-3-1-13(2-4-14)19(25)23-9-10-26-17(11-23)18-12-24(22-27-18)16-7-5-15(21)6-8-16/h1-8,12,17,22H,9-11H2. The topological polar surface area (TPSA) is 54.0 Å². The summed E-state index contributed by atoms with van der Waals surface area (Å²) < 4.78 is 31.8. The largest absolute Gasteiger partial charge is 0.389 e. The quantitative estimate of drug-likeness (QED) is 0.896. The number of hydrogen-bond donors (Lipinski definition) is 1. The molecule has 1 unspecified atom stereocenters. The number of anilines is 1. The number of halogens is 2. The molecule has 0 aliphatic carbocycles. The third-order valence-corrected chi connectivity index (χ3v) is 4.39. The van der Waals surface area contributed by atoms with Gasteiger partial charge in [0.2, 0.25) is 0 Å². The Kier molecular flexibility index (Phi) is 4.74. The minimum absolute atomic E-state index is 0.190. The van der Waals surface area contributed by atoms with Crippen LogP contribution in [0.15, 0.2) is 60.5 Å².